The van der Waals surface area contributed by atoms with Crippen LogP contribution in [0.2, 0.25) is 0 Å². The van der Waals surface area contributed by atoms with E-state index in [2.05, 4.69) is 56.4 Å². The van der Waals surface area contributed by atoms with Crippen molar-refractivity contribution in [3.63, 3.8) is 0 Å². The van der Waals surface area contributed by atoms with Gasteiger partial charge in [0.15, 0.2) is 0 Å². The molecule has 6 rings (SSSR count). The largest absolute Gasteiger partial charge is 0.376 e. The molecule has 3 aromatic heterocycles. The zero-order valence-corrected chi connectivity index (χ0v) is 21.1. The van der Waals surface area contributed by atoms with Crippen molar-refractivity contribution in [1.82, 2.24) is 24.8 Å². The van der Waals surface area contributed by atoms with Crippen LogP contribution in [0, 0.1) is 0 Å². The molecule has 1 aliphatic carbocycles. The van der Waals surface area contributed by atoms with E-state index in [0.717, 1.165) is 36.3 Å². The Kier molecular flexibility index (Phi) is 6.68. The summed E-state index contributed by atoms with van der Waals surface area (Å²) in [6, 6.07) is 13.1. The van der Waals surface area contributed by atoms with Gasteiger partial charge < -0.3 is 15.0 Å². The highest BCUT2D eigenvalue weighted by atomic mass is 16.5. The lowest BCUT2D eigenvalue weighted by Gasteiger charge is -2.40. The number of rotatable bonds is 5. The Balaban J connectivity index is 1.19. The summed E-state index contributed by atoms with van der Waals surface area (Å²) in [7, 11) is 0. The maximum atomic E-state index is 12.7. The van der Waals surface area contributed by atoms with E-state index in [4.69, 9.17) is 9.72 Å². The summed E-state index contributed by atoms with van der Waals surface area (Å²) in [5.74, 6) is 1.11. The Morgan fingerprint density at radius 3 is 2.59 bits per heavy atom. The second-order valence-electron chi connectivity index (χ2n) is 10.2. The van der Waals surface area contributed by atoms with Gasteiger partial charge in [0.2, 0.25) is 0 Å². The van der Waals surface area contributed by atoms with E-state index in [1.54, 1.807) is 18.6 Å². The normalized spacial score (nSPS) is 22.7. The SMILES string of the molecule is C[C@@H]1CN([C@H]2CC[C@H](c3ccc(Nc4nc(-c5cncnc5)cc5cc[nH]c(=O)c45)cc3)CC2)CCO1. The van der Waals surface area contributed by atoms with Gasteiger partial charge in [-0.25, -0.2) is 15.0 Å². The Bertz CT molecular complexity index is 1410. The van der Waals surface area contributed by atoms with Crippen LogP contribution in [0.5, 0.6) is 0 Å². The topological polar surface area (TPSA) is 96.0 Å². The summed E-state index contributed by atoms with van der Waals surface area (Å²) in [6.07, 6.45) is 11.8. The lowest BCUT2D eigenvalue weighted by molar-refractivity contribution is -0.0400. The van der Waals surface area contributed by atoms with E-state index in [9.17, 15) is 4.79 Å². The monoisotopic (exact) mass is 496 g/mol. The molecule has 1 atom stereocenters. The molecule has 0 radical (unpaired) electrons. The number of fused-ring (bicyclic) bond motifs is 1. The molecule has 8 nitrogen and oxygen atoms in total. The van der Waals surface area contributed by atoms with Crippen LogP contribution in [-0.4, -0.2) is 56.7 Å². The maximum Gasteiger partial charge on any atom is 0.259 e. The molecule has 1 saturated heterocycles. The number of morpholine rings is 1. The number of hydrogen-bond donors (Lipinski definition) is 2. The lowest BCUT2D eigenvalue weighted by atomic mass is 9.81. The zero-order valence-electron chi connectivity index (χ0n) is 21.1. The van der Waals surface area contributed by atoms with Gasteiger partial charge in [-0.3, -0.25) is 9.69 Å². The van der Waals surface area contributed by atoms with Crippen molar-refractivity contribution in [2.45, 2.75) is 50.7 Å². The summed E-state index contributed by atoms with van der Waals surface area (Å²) in [5, 5.41) is 4.73. The van der Waals surface area contributed by atoms with Crippen LogP contribution in [0.4, 0.5) is 11.5 Å². The number of anilines is 2. The minimum absolute atomic E-state index is 0.175. The first-order chi connectivity index (χ1) is 18.1. The molecule has 0 bridgehead atoms. The third-order valence-corrected chi connectivity index (χ3v) is 7.74. The van der Waals surface area contributed by atoms with Crippen LogP contribution in [0.15, 0.2) is 66.1 Å². The van der Waals surface area contributed by atoms with E-state index in [-0.39, 0.29) is 5.56 Å². The molecule has 37 heavy (non-hydrogen) atoms. The lowest BCUT2D eigenvalue weighted by Crippen LogP contribution is -2.47. The van der Waals surface area contributed by atoms with Gasteiger partial charge in [-0.15, -0.1) is 0 Å². The van der Waals surface area contributed by atoms with Gasteiger partial charge in [0.1, 0.15) is 12.1 Å². The predicted molar refractivity (Wildman–Crippen MR) is 145 cm³/mol. The summed E-state index contributed by atoms with van der Waals surface area (Å²) in [5.41, 5.74) is 3.62. The quantitative estimate of drug-likeness (QED) is 0.407. The number of hydrogen-bond acceptors (Lipinski definition) is 7. The first kappa shape index (κ1) is 23.8. The van der Waals surface area contributed by atoms with Crippen molar-refractivity contribution < 1.29 is 4.74 Å². The second-order valence-corrected chi connectivity index (χ2v) is 10.2. The highest BCUT2D eigenvalue weighted by Gasteiger charge is 2.29. The van der Waals surface area contributed by atoms with Gasteiger partial charge in [0.05, 0.1) is 23.8 Å². The van der Waals surface area contributed by atoms with Crippen LogP contribution in [-0.2, 0) is 4.74 Å². The maximum absolute atomic E-state index is 12.7. The first-order valence-electron chi connectivity index (χ1n) is 13.1. The fourth-order valence-corrected chi connectivity index (χ4v) is 5.81. The van der Waals surface area contributed by atoms with E-state index in [0.29, 0.717) is 35.0 Å². The van der Waals surface area contributed by atoms with Gasteiger partial charge in [-0.2, -0.15) is 0 Å². The van der Waals surface area contributed by atoms with Gasteiger partial charge in [0.25, 0.3) is 5.56 Å². The molecule has 0 spiro atoms. The number of pyridine rings is 2. The molecule has 8 heteroatoms. The molecular formula is C29H32N6O2. The third-order valence-electron chi connectivity index (χ3n) is 7.74. The average molecular weight is 497 g/mol. The van der Waals surface area contributed by atoms with Gasteiger partial charge >= 0.3 is 0 Å². The molecule has 1 aromatic carbocycles. The summed E-state index contributed by atoms with van der Waals surface area (Å²) in [6.45, 7) is 5.14. The molecule has 4 aromatic rings. The standard InChI is InChI=1S/C29H32N6O2/c1-19-17-35(12-13-37-19)25-8-4-21(5-9-25)20-2-6-24(7-3-20)33-28-27-22(10-11-32-29(27)36)14-26(34-28)23-15-30-18-31-16-23/h2-3,6-7,10-11,14-16,18-19,21,25H,4-5,8-9,12-13,17H2,1H3,(H,32,36)(H,33,34)/t19-,21-,25-/m1/s1. The molecule has 190 valence electrons. The highest BCUT2D eigenvalue weighted by Crippen LogP contribution is 2.36. The Labute approximate surface area is 216 Å². The summed E-state index contributed by atoms with van der Waals surface area (Å²) in [4.78, 5) is 31.1. The Morgan fingerprint density at radius 1 is 1.05 bits per heavy atom. The minimum Gasteiger partial charge on any atom is -0.376 e. The molecule has 0 amide bonds. The second kappa shape index (κ2) is 10.4. The van der Waals surface area contributed by atoms with Gasteiger partial charge in [0, 0.05) is 49.0 Å². The van der Waals surface area contributed by atoms with E-state index in [1.165, 1.54) is 37.6 Å². The molecule has 0 unspecified atom stereocenters. The van der Waals surface area contributed by atoms with Crippen LogP contribution < -0.4 is 10.9 Å². The number of benzene rings is 1. The number of nitrogens with one attached hydrogen (secondary N) is 2. The zero-order chi connectivity index (χ0) is 25.2. The third kappa shape index (κ3) is 5.12. The molecule has 4 heterocycles. The number of H-pyrrole nitrogens is 1. The number of aromatic amines is 1. The smallest absolute Gasteiger partial charge is 0.259 e. The first-order valence-corrected chi connectivity index (χ1v) is 13.1. The van der Waals surface area contributed by atoms with Gasteiger partial charge in [-0.1, -0.05) is 12.1 Å². The van der Waals surface area contributed by atoms with Crippen LogP contribution in [0.3, 0.4) is 0 Å². The van der Waals surface area contributed by atoms with Crippen molar-refractivity contribution in [3.8, 4) is 11.3 Å². The fourth-order valence-electron chi connectivity index (χ4n) is 5.81. The Hall–Kier alpha value is -3.62. The van der Waals surface area contributed by atoms with Crippen molar-refractivity contribution in [2.75, 3.05) is 25.0 Å². The van der Waals surface area contributed by atoms with E-state index >= 15 is 0 Å². The van der Waals surface area contributed by atoms with Gasteiger partial charge in [-0.05, 0) is 73.7 Å². The number of aromatic nitrogens is 4. The minimum atomic E-state index is -0.175. The molecular weight excluding hydrogens is 464 g/mol. The average Bonchev–Trinajstić information content (AvgIpc) is 2.94. The van der Waals surface area contributed by atoms with E-state index in [1.807, 2.05) is 12.1 Å². The molecule has 2 N–H and O–H groups in total. The fraction of sp³-hybridized carbons (Fsp3) is 0.379. The predicted octanol–water partition coefficient (Wildman–Crippen LogP) is 4.87. The summed E-state index contributed by atoms with van der Waals surface area (Å²) >= 11 is 0. The molecule has 2 aliphatic rings. The van der Waals surface area contributed by atoms with Crippen molar-refractivity contribution >= 4 is 22.3 Å². The van der Waals surface area contributed by atoms with Crippen LogP contribution in [0.25, 0.3) is 22.0 Å². The van der Waals surface area contributed by atoms with Crippen molar-refractivity contribution in [1.29, 1.82) is 0 Å². The molecule has 1 saturated carbocycles. The van der Waals surface area contributed by atoms with Crippen LogP contribution >= 0.6 is 0 Å². The number of ether oxygens (including phenoxy) is 1. The Morgan fingerprint density at radius 2 is 1.84 bits per heavy atom. The summed E-state index contributed by atoms with van der Waals surface area (Å²) < 4.78 is 5.73. The van der Waals surface area contributed by atoms with Crippen molar-refractivity contribution in [2.24, 2.45) is 0 Å². The number of nitrogens with zero attached hydrogens (tertiary/aromatic N) is 4. The molecule has 2 fully saturated rings. The molecule has 1 aliphatic heterocycles. The van der Waals surface area contributed by atoms with Crippen LogP contribution in [0.1, 0.15) is 44.1 Å². The van der Waals surface area contributed by atoms with E-state index < -0.39 is 0 Å². The highest BCUT2D eigenvalue weighted by molar-refractivity contribution is 5.95. The van der Waals surface area contributed by atoms with Crippen molar-refractivity contribution in [3.05, 3.63) is 77.2 Å².